The van der Waals surface area contributed by atoms with Crippen molar-refractivity contribution in [3.63, 3.8) is 0 Å². The molecule has 0 radical (unpaired) electrons. The molecule has 0 unspecified atom stereocenters. The van der Waals surface area contributed by atoms with Crippen LogP contribution in [0.25, 0.3) is 0 Å². The summed E-state index contributed by atoms with van der Waals surface area (Å²) in [6.07, 6.45) is 1.14. The lowest BCUT2D eigenvalue weighted by molar-refractivity contribution is 0.364. The Balaban J connectivity index is 0.000000720. The highest BCUT2D eigenvalue weighted by Crippen LogP contribution is 2.29. The van der Waals surface area contributed by atoms with Crippen LogP contribution in [0.3, 0.4) is 0 Å². The average molecular weight is 186 g/mol. The van der Waals surface area contributed by atoms with Gasteiger partial charge in [-0.3, -0.25) is 0 Å². The molecular formula is C9H12ClNO. The molecule has 0 spiro atoms. The summed E-state index contributed by atoms with van der Waals surface area (Å²) >= 11 is 0. The predicted octanol–water partition coefficient (Wildman–Crippen LogP) is 1.85. The summed E-state index contributed by atoms with van der Waals surface area (Å²) in [4.78, 5) is 0. The maximum absolute atomic E-state index is 9.41. The number of benzene rings is 1. The lowest BCUT2D eigenvalue weighted by Gasteiger charge is -2.28. The quantitative estimate of drug-likeness (QED) is 0.700. The SMILES string of the molecule is Cl.Oc1ccccc1[C@H]1CCN1. The molecule has 1 fully saturated rings. The van der Waals surface area contributed by atoms with Gasteiger partial charge in [-0.25, -0.2) is 0 Å². The van der Waals surface area contributed by atoms with Gasteiger partial charge in [-0.1, -0.05) is 18.2 Å². The number of aromatic hydroxyl groups is 1. The fraction of sp³-hybridized carbons (Fsp3) is 0.333. The Morgan fingerprint density at radius 1 is 1.33 bits per heavy atom. The number of nitrogens with one attached hydrogen (secondary N) is 1. The van der Waals surface area contributed by atoms with Crippen molar-refractivity contribution in [2.75, 3.05) is 6.54 Å². The highest BCUT2D eigenvalue weighted by Gasteiger charge is 2.20. The standard InChI is InChI=1S/C9H11NO.ClH/c11-9-4-2-1-3-7(9)8-5-6-10-8;/h1-4,8,10-11H,5-6H2;1H/t8-;/m1./s1. The van der Waals surface area contributed by atoms with Gasteiger partial charge in [-0.2, -0.15) is 0 Å². The number of para-hydroxylation sites is 1. The minimum absolute atomic E-state index is 0. The second-order valence-electron chi connectivity index (χ2n) is 2.85. The number of phenolic OH excluding ortho intramolecular Hbond substituents is 1. The summed E-state index contributed by atoms with van der Waals surface area (Å²) in [5, 5.41) is 12.6. The van der Waals surface area contributed by atoms with Crippen molar-refractivity contribution in [2.24, 2.45) is 0 Å². The molecule has 1 saturated heterocycles. The highest BCUT2D eigenvalue weighted by molar-refractivity contribution is 5.85. The molecule has 0 saturated carbocycles. The summed E-state index contributed by atoms with van der Waals surface area (Å²) in [5.41, 5.74) is 1.03. The minimum Gasteiger partial charge on any atom is -0.508 e. The van der Waals surface area contributed by atoms with E-state index in [2.05, 4.69) is 5.32 Å². The molecule has 1 atom stereocenters. The van der Waals surface area contributed by atoms with Gasteiger partial charge in [0.25, 0.3) is 0 Å². The lowest BCUT2D eigenvalue weighted by atomic mass is 9.97. The summed E-state index contributed by atoms with van der Waals surface area (Å²) in [5.74, 6) is 0.407. The molecule has 1 aromatic carbocycles. The first-order valence-electron chi connectivity index (χ1n) is 3.89. The number of rotatable bonds is 1. The van der Waals surface area contributed by atoms with E-state index in [0.717, 1.165) is 18.5 Å². The van der Waals surface area contributed by atoms with Gasteiger partial charge in [0.15, 0.2) is 0 Å². The van der Waals surface area contributed by atoms with E-state index < -0.39 is 0 Å². The van der Waals surface area contributed by atoms with Crippen LogP contribution < -0.4 is 5.32 Å². The molecule has 1 aromatic rings. The topological polar surface area (TPSA) is 32.3 Å². The van der Waals surface area contributed by atoms with E-state index in [-0.39, 0.29) is 12.4 Å². The van der Waals surface area contributed by atoms with E-state index in [9.17, 15) is 5.11 Å². The molecule has 0 aromatic heterocycles. The molecule has 1 aliphatic rings. The van der Waals surface area contributed by atoms with Gasteiger partial charge < -0.3 is 10.4 Å². The Morgan fingerprint density at radius 2 is 2.00 bits per heavy atom. The first kappa shape index (κ1) is 9.36. The van der Waals surface area contributed by atoms with Crippen LogP contribution in [0.15, 0.2) is 24.3 Å². The van der Waals surface area contributed by atoms with Gasteiger partial charge >= 0.3 is 0 Å². The largest absolute Gasteiger partial charge is 0.508 e. The fourth-order valence-corrected chi connectivity index (χ4v) is 1.34. The van der Waals surface area contributed by atoms with E-state index in [0.29, 0.717) is 11.8 Å². The number of halogens is 1. The first-order valence-corrected chi connectivity index (χ1v) is 3.89. The van der Waals surface area contributed by atoms with Crippen LogP contribution in [0.1, 0.15) is 18.0 Å². The second kappa shape index (κ2) is 3.78. The van der Waals surface area contributed by atoms with E-state index in [4.69, 9.17) is 0 Å². The Morgan fingerprint density at radius 3 is 2.50 bits per heavy atom. The number of hydrogen-bond donors (Lipinski definition) is 2. The Hall–Kier alpha value is -0.730. The van der Waals surface area contributed by atoms with Crippen LogP contribution in [-0.2, 0) is 0 Å². The number of hydrogen-bond acceptors (Lipinski definition) is 2. The zero-order valence-electron chi connectivity index (χ0n) is 6.66. The molecule has 66 valence electrons. The van der Waals surface area contributed by atoms with Crippen molar-refractivity contribution in [3.8, 4) is 5.75 Å². The second-order valence-corrected chi connectivity index (χ2v) is 2.85. The highest BCUT2D eigenvalue weighted by atomic mass is 35.5. The summed E-state index contributed by atoms with van der Waals surface area (Å²) in [6.45, 7) is 1.07. The van der Waals surface area contributed by atoms with Gasteiger partial charge in [0.2, 0.25) is 0 Å². The fourth-order valence-electron chi connectivity index (χ4n) is 1.34. The molecule has 1 aliphatic heterocycles. The zero-order valence-corrected chi connectivity index (χ0v) is 7.47. The molecule has 3 heteroatoms. The molecular weight excluding hydrogens is 174 g/mol. The van der Waals surface area contributed by atoms with Gasteiger partial charge in [0.05, 0.1) is 0 Å². The maximum atomic E-state index is 9.41. The third-order valence-corrected chi connectivity index (χ3v) is 2.14. The van der Waals surface area contributed by atoms with Crippen LogP contribution in [-0.4, -0.2) is 11.7 Å². The Labute approximate surface area is 78.0 Å². The van der Waals surface area contributed by atoms with Gasteiger partial charge in [-0.15, -0.1) is 12.4 Å². The molecule has 0 amide bonds. The maximum Gasteiger partial charge on any atom is 0.120 e. The van der Waals surface area contributed by atoms with E-state index >= 15 is 0 Å². The lowest BCUT2D eigenvalue weighted by Crippen LogP contribution is -2.34. The van der Waals surface area contributed by atoms with Crippen LogP contribution >= 0.6 is 12.4 Å². The Kier molecular flexibility index (Phi) is 2.95. The van der Waals surface area contributed by atoms with Crippen molar-refractivity contribution in [1.82, 2.24) is 5.32 Å². The van der Waals surface area contributed by atoms with E-state index in [1.165, 1.54) is 0 Å². The molecule has 0 aliphatic carbocycles. The van der Waals surface area contributed by atoms with Gasteiger partial charge in [0, 0.05) is 11.6 Å². The summed E-state index contributed by atoms with van der Waals surface area (Å²) < 4.78 is 0. The van der Waals surface area contributed by atoms with Crippen molar-refractivity contribution in [2.45, 2.75) is 12.5 Å². The summed E-state index contributed by atoms with van der Waals surface area (Å²) in [6, 6.07) is 7.88. The molecule has 2 N–H and O–H groups in total. The molecule has 2 rings (SSSR count). The Bertz CT molecular complexity index is 260. The molecule has 1 heterocycles. The van der Waals surface area contributed by atoms with Crippen LogP contribution in [0.2, 0.25) is 0 Å². The summed E-state index contributed by atoms with van der Waals surface area (Å²) in [7, 11) is 0. The van der Waals surface area contributed by atoms with Crippen LogP contribution in [0.4, 0.5) is 0 Å². The molecule has 12 heavy (non-hydrogen) atoms. The third-order valence-electron chi connectivity index (χ3n) is 2.14. The monoisotopic (exact) mass is 185 g/mol. The van der Waals surface area contributed by atoms with Gasteiger partial charge in [0.1, 0.15) is 5.75 Å². The van der Waals surface area contributed by atoms with Crippen molar-refractivity contribution >= 4 is 12.4 Å². The van der Waals surface area contributed by atoms with Crippen LogP contribution in [0.5, 0.6) is 5.75 Å². The minimum atomic E-state index is 0. The molecule has 2 nitrogen and oxygen atoms in total. The van der Waals surface area contributed by atoms with E-state index in [1.807, 2.05) is 18.2 Å². The van der Waals surface area contributed by atoms with Crippen molar-refractivity contribution in [3.05, 3.63) is 29.8 Å². The smallest absolute Gasteiger partial charge is 0.120 e. The zero-order chi connectivity index (χ0) is 7.68. The molecule has 0 bridgehead atoms. The van der Waals surface area contributed by atoms with E-state index in [1.54, 1.807) is 6.07 Å². The normalized spacial score (nSPS) is 20.8. The number of phenols is 1. The average Bonchev–Trinajstić information content (AvgIpc) is 1.90. The predicted molar refractivity (Wildman–Crippen MR) is 50.7 cm³/mol. The van der Waals surface area contributed by atoms with Crippen LogP contribution in [0, 0.1) is 0 Å². The third kappa shape index (κ3) is 1.54. The van der Waals surface area contributed by atoms with Crippen molar-refractivity contribution in [1.29, 1.82) is 0 Å². The van der Waals surface area contributed by atoms with Crippen molar-refractivity contribution < 1.29 is 5.11 Å². The first-order chi connectivity index (χ1) is 5.38. The van der Waals surface area contributed by atoms with Gasteiger partial charge in [-0.05, 0) is 19.0 Å².